The molecule has 0 aliphatic carbocycles. The summed E-state index contributed by atoms with van der Waals surface area (Å²) in [4.78, 5) is 24.7. The molecule has 1 aliphatic heterocycles. The van der Waals surface area contributed by atoms with Gasteiger partial charge in [0.1, 0.15) is 6.04 Å². The number of nitrogens with one attached hydrogen (secondary N) is 3. The number of fused-ring (bicyclic) bond motifs is 1. The first-order chi connectivity index (χ1) is 15.8. The van der Waals surface area contributed by atoms with E-state index in [0.717, 1.165) is 11.1 Å². The van der Waals surface area contributed by atoms with E-state index in [1.54, 1.807) is 30.3 Å². The van der Waals surface area contributed by atoms with Gasteiger partial charge in [-0.25, -0.2) is 8.42 Å². The van der Waals surface area contributed by atoms with Crippen LogP contribution in [0.3, 0.4) is 0 Å². The standard InChI is InChI=1S/C24H22ClN3O4S/c25-18-7-9-19(10-8-18)26-24(30)22(14-16-4-2-1-3-5-16)28-33(31,32)20-11-12-21-17(15-20)6-13-23(29)27-21/h1-5,7-12,15,22,28H,6,13-14H2,(H,26,30)(H,27,29). The van der Waals surface area contributed by atoms with Crippen LogP contribution in [0.1, 0.15) is 17.5 Å². The summed E-state index contributed by atoms with van der Waals surface area (Å²) < 4.78 is 28.9. The van der Waals surface area contributed by atoms with E-state index in [9.17, 15) is 18.0 Å². The molecule has 4 rings (SSSR count). The van der Waals surface area contributed by atoms with Crippen molar-refractivity contribution in [2.24, 2.45) is 0 Å². The number of benzene rings is 3. The van der Waals surface area contributed by atoms with E-state index in [-0.39, 0.29) is 17.2 Å². The van der Waals surface area contributed by atoms with Crippen LogP contribution < -0.4 is 15.4 Å². The van der Waals surface area contributed by atoms with Crippen molar-refractivity contribution in [1.29, 1.82) is 0 Å². The second-order valence-corrected chi connectivity index (χ2v) is 9.88. The molecule has 0 bridgehead atoms. The van der Waals surface area contributed by atoms with Gasteiger partial charge in [-0.05, 0) is 66.4 Å². The van der Waals surface area contributed by atoms with Crippen LogP contribution in [0.25, 0.3) is 0 Å². The summed E-state index contributed by atoms with van der Waals surface area (Å²) in [6.45, 7) is 0. The molecule has 1 atom stereocenters. The highest BCUT2D eigenvalue weighted by molar-refractivity contribution is 7.89. The molecular weight excluding hydrogens is 462 g/mol. The quantitative estimate of drug-likeness (QED) is 0.476. The molecule has 0 saturated heterocycles. The molecule has 0 fully saturated rings. The lowest BCUT2D eigenvalue weighted by molar-refractivity contribution is -0.118. The van der Waals surface area contributed by atoms with Gasteiger partial charge in [0, 0.05) is 22.8 Å². The van der Waals surface area contributed by atoms with Crippen LogP contribution in [-0.4, -0.2) is 26.3 Å². The number of anilines is 2. The Morgan fingerprint density at radius 3 is 2.45 bits per heavy atom. The van der Waals surface area contributed by atoms with Crippen molar-refractivity contribution in [1.82, 2.24) is 4.72 Å². The van der Waals surface area contributed by atoms with Gasteiger partial charge in [-0.15, -0.1) is 0 Å². The van der Waals surface area contributed by atoms with Gasteiger partial charge in [0.25, 0.3) is 0 Å². The number of halogens is 1. The predicted octanol–water partition coefficient (Wildman–Crippen LogP) is 3.75. The number of sulfonamides is 1. The molecule has 1 heterocycles. The zero-order chi connectivity index (χ0) is 23.4. The molecule has 1 aliphatic rings. The molecule has 7 nitrogen and oxygen atoms in total. The van der Waals surface area contributed by atoms with E-state index in [0.29, 0.717) is 29.2 Å². The van der Waals surface area contributed by atoms with Crippen molar-refractivity contribution in [3.63, 3.8) is 0 Å². The van der Waals surface area contributed by atoms with Gasteiger partial charge in [-0.3, -0.25) is 9.59 Å². The number of hydrogen-bond donors (Lipinski definition) is 3. The number of carbonyl (C=O) groups excluding carboxylic acids is 2. The highest BCUT2D eigenvalue weighted by atomic mass is 35.5. The van der Waals surface area contributed by atoms with Gasteiger partial charge < -0.3 is 10.6 Å². The second-order valence-electron chi connectivity index (χ2n) is 7.73. The zero-order valence-electron chi connectivity index (χ0n) is 17.5. The minimum atomic E-state index is -4.02. The van der Waals surface area contributed by atoms with Gasteiger partial charge in [-0.2, -0.15) is 4.72 Å². The Morgan fingerprint density at radius 2 is 1.73 bits per heavy atom. The molecule has 0 saturated carbocycles. The van der Waals surface area contributed by atoms with Crippen LogP contribution in [0.2, 0.25) is 5.02 Å². The topological polar surface area (TPSA) is 104 Å². The van der Waals surface area contributed by atoms with Crippen LogP contribution >= 0.6 is 11.6 Å². The summed E-state index contributed by atoms with van der Waals surface area (Å²) in [6, 6.07) is 19.2. The zero-order valence-corrected chi connectivity index (χ0v) is 19.1. The largest absolute Gasteiger partial charge is 0.326 e. The second kappa shape index (κ2) is 9.74. The van der Waals surface area contributed by atoms with Crippen molar-refractivity contribution in [3.05, 3.63) is 88.9 Å². The summed E-state index contributed by atoms with van der Waals surface area (Å²) in [5.41, 5.74) is 2.66. The first-order valence-corrected chi connectivity index (χ1v) is 12.2. The van der Waals surface area contributed by atoms with E-state index < -0.39 is 22.0 Å². The Labute approximate surface area is 197 Å². The van der Waals surface area contributed by atoms with Gasteiger partial charge >= 0.3 is 0 Å². The summed E-state index contributed by atoms with van der Waals surface area (Å²) in [5, 5.41) is 6.01. The van der Waals surface area contributed by atoms with E-state index >= 15 is 0 Å². The summed E-state index contributed by atoms with van der Waals surface area (Å²) in [7, 11) is -4.02. The lowest BCUT2D eigenvalue weighted by Crippen LogP contribution is -2.45. The highest BCUT2D eigenvalue weighted by Crippen LogP contribution is 2.26. The smallest absolute Gasteiger partial charge is 0.242 e. The first-order valence-electron chi connectivity index (χ1n) is 10.4. The van der Waals surface area contributed by atoms with Gasteiger partial charge in [0.05, 0.1) is 4.90 Å². The Balaban J connectivity index is 1.58. The van der Waals surface area contributed by atoms with Crippen LogP contribution in [0, 0.1) is 0 Å². The first kappa shape index (κ1) is 23.0. The molecule has 2 amide bonds. The fourth-order valence-corrected chi connectivity index (χ4v) is 4.95. The Kier molecular flexibility index (Phi) is 6.78. The van der Waals surface area contributed by atoms with Crippen LogP contribution in [0.5, 0.6) is 0 Å². The summed E-state index contributed by atoms with van der Waals surface area (Å²) in [5.74, 6) is -0.590. The van der Waals surface area contributed by atoms with E-state index in [2.05, 4.69) is 15.4 Å². The minimum absolute atomic E-state index is 0.0368. The van der Waals surface area contributed by atoms with Crippen LogP contribution in [-0.2, 0) is 32.5 Å². The third-order valence-corrected chi connectivity index (χ3v) is 7.01. The molecule has 9 heteroatoms. The summed E-state index contributed by atoms with van der Waals surface area (Å²) >= 11 is 5.90. The average molecular weight is 484 g/mol. The molecule has 3 aromatic carbocycles. The van der Waals surface area contributed by atoms with E-state index in [1.165, 1.54) is 12.1 Å². The Morgan fingerprint density at radius 1 is 1.00 bits per heavy atom. The predicted molar refractivity (Wildman–Crippen MR) is 128 cm³/mol. The van der Waals surface area contributed by atoms with Crippen molar-refractivity contribution in [2.45, 2.75) is 30.2 Å². The molecule has 170 valence electrons. The molecule has 33 heavy (non-hydrogen) atoms. The van der Waals surface area contributed by atoms with Crippen LogP contribution in [0.15, 0.2) is 77.7 Å². The maximum atomic E-state index is 13.2. The third-order valence-electron chi connectivity index (χ3n) is 5.29. The SMILES string of the molecule is O=C1CCc2cc(S(=O)(=O)NC(Cc3ccccc3)C(=O)Nc3ccc(Cl)cc3)ccc2N1. The maximum Gasteiger partial charge on any atom is 0.242 e. The van der Waals surface area contributed by atoms with E-state index in [1.807, 2.05) is 30.3 Å². The lowest BCUT2D eigenvalue weighted by atomic mass is 10.0. The number of hydrogen-bond acceptors (Lipinski definition) is 4. The number of rotatable bonds is 7. The third kappa shape index (κ3) is 5.78. The van der Waals surface area contributed by atoms with Crippen LogP contribution in [0.4, 0.5) is 11.4 Å². The maximum absolute atomic E-state index is 13.2. The minimum Gasteiger partial charge on any atom is -0.326 e. The molecular formula is C24H22ClN3O4S. The summed E-state index contributed by atoms with van der Waals surface area (Å²) in [6.07, 6.45) is 0.916. The van der Waals surface area contributed by atoms with Gasteiger partial charge in [-0.1, -0.05) is 41.9 Å². The highest BCUT2D eigenvalue weighted by Gasteiger charge is 2.27. The fraction of sp³-hybridized carbons (Fsp3) is 0.167. The Bertz CT molecular complexity index is 1280. The molecule has 0 aromatic heterocycles. The monoisotopic (exact) mass is 483 g/mol. The van der Waals surface area contributed by atoms with Crippen molar-refractivity contribution in [2.75, 3.05) is 10.6 Å². The molecule has 0 spiro atoms. The van der Waals surface area contributed by atoms with Crippen molar-refractivity contribution < 1.29 is 18.0 Å². The number of aryl methyl sites for hydroxylation is 1. The number of carbonyl (C=O) groups is 2. The molecule has 3 N–H and O–H groups in total. The number of amides is 2. The van der Waals surface area contributed by atoms with Crippen molar-refractivity contribution in [3.8, 4) is 0 Å². The van der Waals surface area contributed by atoms with Crippen molar-refractivity contribution >= 4 is 44.8 Å². The Hall–Kier alpha value is -3.20. The van der Waals surface area contributed by atoms with E-state index in [4.69, 9.17) is 11.6 Å². The lowest BCUT2D eigenvalue weighted by Gasteiger charge is -2.21. The molecule has 0 radical (unpaired) electrons. The van der Waals surface area contributed by atoms with Gasteiger partial charge in [0.2, 0.25) is 21.8 Å². The normalized spacial score (nSPS) is 14.2. The molecule has 3 aromatic rings. The molecule has 1 unspecified atom stereocenters. The average Bonchev–Trinajstić information content (AvgIpc) is 2.80. The van der Waals surface area contributed by atoms with Gasteiger partial charge in [0.15, 0.2) is 0 Å². The fourth-order valence-electron chi connectivity index (χ4n) is 3.58.